The number of carbonyl (C=O) groups is 5. The molecule has 6 heterocycles. The Bertz CT molecular complexity index is 2770. The van der Waals surface area contributed by atoms with Crippen molar-refractivity contribution in [2.45, 2.75) is 103 Å². The van der Waals surface area contributed by atoms with Gasteiger partial charge >= 0.3 is 17.5 Å². The number of benzene rings is 2. The molecule has 5 amide bonds. The Kier molecular flexibility index (Phi) is 15.5. The third-order valence-corrected chi connectivity index (χ3v) is 12.4. The molecule has 0 radical (unpaired) electrons. The van der Waals surface area contributed by atoms with Crippen LogP contribution < -0.4 is 27.3 Å². The number of nitrogens with one attached hydrogen (secondary N) is 3. The summed E-state index contributed by atoms with van der Waals surface area (Å²) in [5.74, 6) is 10.3. The van der Waals surface area contributed by atoms with Gasteiger partial charge in [0.05, 0.1) is 57.2 Å². The second-order valence-corrected chi connectivity index (χ2v) is 18.4. The summed E-state index contributed by atoms with van der Waals surface area (Å²) >= 11 is 0. The summed E-state index contributed by atoms with van der Waals surface area (Å²) in [4.78, 5) is 87.0. The predicted molar refractivity (Wildman–Crippen MR) is 248 cm³/mol. The third kappa shape index (κ3) is 11.9. The fourth-order valence-corrected chi connectivity index (χ4v) is 8.86. The second-order valence-electron chi connectivity index (χ2n) is 18.4. The highest BCUT2D eigenvalue weighted by molar-refractivity contribution is 5.99. The van der Waals surface area contributed by atoms with Crippen LogP contribution >= 0.6 is 0 Å². The summed E-state index contributed by atoms with van der Waals surface area (Å²) in [6, 6.07) is 11.1. The molecule has 8 rings (SSSR count). The molecule has 4 saturated heterocycles. The lowest BCUT2D eigenvalue weighted by atomic mass is 9.98. The van der Waals surface area contributed by atoms with Crippen LogP contribution in [0.3, 0.4) is 0 Å². The normalized spacial score (nSPS) is 19.4. The number of aryl methyl sites for hydroxylation is 2. The second kappa shape index (κ2) is 21.4. The van der Waals surface area contributed by atoms with Gasteiger partial charge in [0.1, 0.15) is 18.8 Å². The molecular formula is C49H60N8O10. The maximum Gasteiger partial charge on any atom is 0.410 e. The van der Waals surface area contributed by atoms with E-state index in [-0.39, 0.29) is 79.4 Å². The smallest absolute Gasteiger partial charge is 0.410 e. The zero-order valence-corrected chi connectivity index (χ0v) is 38.9. The lowest BCUT2D eigenvalue weighted by Gasteiger charge is -2.33. The Morgan fingerprint density at radius 1 is 0.657 bits per heavy atom. The summed E-state index contributed by atoms with van der Waals surface area (Å²) in [5.41, 5.74) is 3.36. The molecule has 4 aliphatic rings. The van der Waals surface area contributed by atoms with E-state index in [0.717, 1.165) is 42.5 Å². The Balaban J connectivity index is 0.000000203. The van der Waals surface area contributed by atoms with E-state index in [2.05, 4.69) is 39.6 Å². The summed E-state index contributed by atoms with van der Waals surface area (Å²) < 4.78 is 23.5. The number of imidazole rings is 2. The van der Waals surface area contributed by atoms with E-state index in [1.54, 1.807) is 37.3 Å². The highest BCUT2D eigenvalue weighted by Gasteiger charge is 2.31. The van der Waals surface area contributed by atoms with Gasteiger partial charge in [0, 0.05) is 53.1 Å². The number of ether oxygens (including phenoxy) is 3. The molecule has 0 bridgehead atoms. The SMILES string of the molecule is Cn1c(=O)n(CC2CCC(=O)NC2=O)c2cccc(C#CCOC3CCN(C(=O)OC(C)(C)C)CC3)c21.Cn1c(=O)n(CC2CCC(=O)NC2=O)c2cccc(C#CCOC3CCNCC3)c21. The van der Waals surface area contributed by atoms with E-state index in [4.69, 9.17) is 14.2 Å². The van der Waals surface area contributed by atoms with Gasteiger partial charge in [-0.15, -0.1) is 0 Å². The molecule has 18 heteroatoms. The van der Waals surface area contributed by atoms with Gasteiger partial charge in [-0.1, -0.05) is 35.8 Å². The highest BCUT2D eigenvalue weighted by atomic mass is 16.6. The van der Waals surface area contributed by atoms with Crippen LogP contribution in [-0.4, -0.2) is 110 Å². The number of aromatic nitrogens is 4. The van der Waals surface area contributed by atoms with Crippen molar-refractivity contribution in [2.24, 2.45) is 25.9 Å². The average Bonchev–Trinajstić information content (AvgIpc) is 3.69. The highest BCUT2D eigenvalue weighted by Crippen LogP contribution is 2.23. The quantitative estimate of drug-likeness (QED) is 0.173. The van der Waals surface area contributed by atoms with Gasteiger partial charge in [0.25, 0.3) is 0 Å². The molecule has 18 nitrogen and oxygen atoms in total. The monoisotopic (exact) mass is 920 g/mol. The Hall–Kier alpha value is -6.47. The van der Waals surface area contributed by atoms with Gasteiger partial charge < -0.3 is 24.4 Å². The lowest BCUT2D eigenvalue weighted by Crippen LogP contribution is -2.43. The number of nitrogens with zero attached hydrogens (tertiary/aromatic N) is 5. The average molecular weight is 921 g/mol. The number of fused-ring (bicyclic) bond motifs is 2. The van der Waals surface area contributed by atoms with Gasteiger partial charge in [0.2, 0.25) is 23.6 Å². The lowest BCUT2D eigenvalue weighted by molar-refractivity contribution is -0.138. The maximum atomic E-state index is 13.0. The Morgan fingerprint density at radius 2 is 1.10 bits per heavy atom. The first-order valence-corrected chi connectivity index (χ1v) is 23.0. The molecule has 2 atom stereocenters. The molecule has 0 saturated carbocycles. The first kappa shape index (κ1) is 48.5. The number of hydrogen-bond donors (Lipinski definition) is 3. The molecule has 67 heavy (non-hydrogen) atoms. The van der Waals surface area contributed by atoms with E-state index < -0.39 is 17.4 Å². The third-order valence-electron chi connectivity index (χ3n) is 12.4. The van der Waals surface area contributed by atoms with Crippen molar-refractivity contribution in [3.05, 3.63) is 68.5 Å². The van der Waals surface area contributed by atoms with Crippen molar-refractivity contribution in [1.29, 1.82) is 0 Å². The maximum absolute atomic E-state index is 13.0. The fraction of sp³-hybridized carbons (Fsp3) is 0.531. The number of imide groups is 2. The molecule has 2 aromatic heterocycles. The van der Waals surface area contributed by atoms with Crippen molar-refractivity contribution in [3.8, 4) is 23.7 Å². The minimum atomic E-state index is -0.516. The van der Waals surface area contributed by atoms with E-state index in [9.17, 15) is 33.6 Å². The van der Waals surface area contributed by atoms with Crippen LogP contribution in [0.4, 0.5) is 4.79 Å². The molecule has 3 N–H and O–H groups in total. The van der Waals surface area contributed by atoms with Gasteiger partial charge in [0.15, 0.2) is 0 Å². The molecule has 0 aliphatic carbocycles. The van der Waals surface area contributed by atoms with Crippen molar-refractivity contribution in [1.82, 2.24) is 39.1 Å². The largest absolute Gasteiger partial charge is 0.444 e. The number of carbonyl (C=O) groups excluding carboxylic acids is 5. The number of likely N-dealkylation sites (tertiary alicyclic amines) is 1. The van der Waals surface area contributed by atoms with Crippen molar-refractivity contribution < 1.29 is 38.2 Å². The van der Waals surface area contributed by atoms with Crippen molar-refractivity contribution in [2.75, 3.05) is 39.4 Å². The van der Waals surface area contributed by atoms with Gasteiger partial charge in [-0.05, 0) is 96.7 Å². The van der Waals surface area contributed by atoms with Crippen LogP contribution in [0.1, 0.15) is 83.3 Å². The van der Waals surface area contributed by atoms with Gasteiger partial charge in [-0.3, -0.25) is 48.1 Å². The molecule has 4 aliphatic heterocycles. The van der Waals surface area contributed by atoms with E-state index in [1.807, 2.05) is 57.2 Å². The Labute approximate surface area is 388 Å². The van der Waals surface area contributed by atoms with Crippen molar-refractivity contribution >= 4 is 51.8 Å². The van der Waals surface area contributed by atoms with Crippen LogP contribution in [0.2, 0.25) is 0 Å². The van der Waals surface area contributed by atoms with Crippen LogP contribution in [0, 0.1) is 35.5 Å². The Morgan fingerprint density at radius 3 is 1.54 bits per heavy atom. The van der Waals surface area contributed by atoms with E-state index in [0.29, 0.717) is 68.4 Å². The van der Waals surface area contributed by atoms with E-state index >= 15 is 0 Å². The number of piperidine rings is 4. The summed E-state index contributed by atoms with van der Waals surface area (Å²) in [5, 5.41) is 8.01. The minimum absolute atomic E-state index is 0.0164. The molecule has 2 unspecified atom stereocenters. The molecular weight excluding hydrogens is 861 g/mol. The number of para-hydroxylation sites is 2. The van der Waals surface area contributed by atoms with E-state index in [1.165, 1.54) is 0 Å². The zero-order chi connectivity index (χ0) is 47.8. The van der Waals surface area contributed by atoms with Crippen LogP contribution in [0.25, 0.3) is 22.1 Å². The van der Waals surface area contributed by atoms with Crippen LogP contribution in [0.15, 0.2) is 46.0 Å². The molecule has 0 spiro atoms. The summed E-state index contributed by atoms with van der Waals surface area (Å²) in [6.45, 7) is 9.69. The van der Waals surface area contributed by atoms with Gasteiger partial charge in [-0.2, -0.15) is 0 Å². The number of hydrogen-bond acceptors (Lipinski definition) is 11. The van der Waals surface area contributed by atoms with Crippen LogP contribution in [-0.2, 0) is 60.6 Å². The number of amides is 5. The predicted octanol–water partition coefficient (Wildman–Crippen LogP) is 2.67. The molecule has 4 fully saturated rings. The summed E-state index contributed by atoms with van der Waals surface area (Å²) in [7, 11) is 3.40. The standard InChI is InChI=1S/C27H34N4O6.C22H26N4O4/c1-27(2,3)37-26(35)30-14-12-20(13-15-30)36-16-6-8-18-7-5-9-21-23(18)29(4)25(34)31(21)17-19-10-11-22(32)28-24(19)33;1-25-20-15(5-3-13-30-17-9-11-23-12-10-17)4-2-6-18(20)26(22(25)29)14-16-7-8-19(27)24-21(16)28/h5,7,9,19-20H,10-17H2,1-4H3,(H,28,32,33);2,4,6,16-17,23H,7-14H2,1H3,(H,24,27,28). The van der Waals surface area contributed by atoms with Crippen molar-refractivity contribution in [3.63, 3.8) is 0 Å². The first-order valence-electron chi connectivity index (χ1n) is 23.0. The zero-order valence-electron chi connectivity index (χ0n) is 38.9. The van der Waals surface area contributed by atoms with Gasteiger partial charge in [-0.25, -0.2) is 14.4 Å². The topological polar surface area (TPSA) is 206 Å². The summed E-state index contributed by atoms with van der Waals surface area (Å²) in [6.07, 6.45) is 4.82. The fourth-order valence-electron chi connectivity index (χ4n) is 8.86. The molecule has 2 aromatic carbocycles. The minimum Gasteiger partial charge on any atom is -0.444 e. The first-order chi connectivity index (χ1) is 32.1. The molecule has 356 valence electrons. The number of rotatable bonds is 8. The van der Waals surface area contributed by atoms with Crippen LogP contribution in [0.5, 0.6) is 0 Å². The molecule has 4 aromatic rings.